The molecular formula is C6H6B2. The Balaban J connectivity index is 3.99. The Bertz CT molecular complexity index is 133. The molecule has 0 saturated carbocycles. The molecule has 36 valence electrons. The standard InChI is InChI=1S/C6H6B2/c1-3-4-6(8)5(2)7/h3-4H,1-2H2/b6-4-. The molecule has 0 bridgehead atoms. The predicted molar refractivity (Wildman–Crippen MR) is 38.9 cm³/mol. The van der Waals surface area contributed by atoms with E-state index in [1.165, 1.54) is 0 Å². The van der Waals surface area contributed by atoms with Crippen molar-refractivity contribution in [2.45, 2.75) is 0 Å². The highest BCUT2D eigenvalue weighted by molar-refractivity contribution is 6.36. The summed E-state index contributed by atoms with van der Waals surface area (Å²) in [5.41, 5.74) is 0.852. The fourth-order valence-electron chi connectivity index (χ4n) is 0.234. The van der Waals surface area contributed by atoms with Crippen LogP contribution in [0.25, 0.3) is 0 Å². The molecule has 0 unspecified atom stereocenters. The Morgan fingerprint density at radius 3 is 2.00 bits per heavy atom. The SMILES string of the molecule is [B]C(=C)/C([B])=C/C=C. The first-order chi connectivity index (χ1) is 3.68. The molecular weight excluding hydrogens is 93.7 g/mol. The zero-order valence-electron chi connectivity index (χ0n) is 4.72. The molecule has 0 rings (SSSR count). The van der Waals surface area contributed by atoms with E-state index in [1.54, 1.807) is 12.2 Å². The Morgan fingerprint density at radius 1 is 1.38 bits per heavy atom. The minimum absolute atomic E-state index is 0.380. The number of hydrogen-bond donors (Lipinski definition) is 0. The largest absolute Gasteiger partial charge is 0.112 e. The van der Waals surface area contributed by atoms with Crippen LogP contribution in [0.2, 0.25) is 0 Å². The van der Waals surface area contributed by atoms with E-state index < -0.39 is 0 Å². The molecule has 0 spiro atoms. The normalized spacial score (nSPS) is 10.8. The van der Waals surface area contributed by atoms with E-state index in [9.17, 15) is 0 Å². The van der Waals surface area contributed by atoms with Gasteiger partial charge in [0.25, 0.3) is 0 Å². The van der Waals surface area contributed by atoms with E-state index in [4.69, 9.17) is 15.7 Å². The molecule has 8 heavy (non-hydrogen) atoms. The van der Waals surface area contributed by atoms with Gasteiger partial charge in [-0.25, -0.2) is 0 Å². The van der Waals surface area contributed by atoms with Crippen molar-refractivity contribution in [3.05, 3.63) is 36.3 Å². The number of allylic oxidation sites excluding steroid dienone is 4. The molecule has 0 fully saturated rings. The highest BCUT2D eigenvalue weighted by atomic mass is 13.7. The van der Waals surface area contributed by atoms with Crippen LogP contribution in [0.15, 0.2) is 36.3 Å². The first kappa shape index (κ1) is 7.35. The van der Waals surface area contributed by atoms with E-state index in [2.05, 4.69) is 13.2 Å². The molecule has 0 saturated heterocycles. The minimum atomic E-state index is 0.380. The summed E-state index contributed by atoms with van der Waals surface area (Å²) in [7, 11) is 10.5. The van der Waals surface area contributed by atoms with Crippen molar-refractivity contribution in [3.8, 4) is 0 Å². The highest BCUT2D eigenvalue weighted by Gasteiger charge is 1.81. The second-order valence-corrected chi connectivity index (χ2v) is 1.38. The average Bonchev–Trinajstić information content (AvgIpc) is 1.67. The zero-order chi connectivity index (χ0) is 6.57. The number of hydrogen-bond acceptors (Lipinski definition) is 0. The molecule has 4 radical (unpaired) electrons. The van der Waals surface area contributed by atoms with Gasteiger partial charge < -0.3 is 0 Å². The van der Waals surface area contributed by atoms with E-state index in [1.807, 2.05) is 0 Å². The summed E-state index contributed by atoms with van der Waals surface area (Å²) < 4.78 is 0. The van der Waals surface area contributed by atoms with Gasteiger partial charge >= 0.3 is 0 Å². The van der Waals surface area contributed by atoms with Crippen LogP contribution in [0.1, 0.15) is 0 Å². The van der Waals surface area contributed by atoms with E-state index in [-0.39, 0.29) is 0 Å². The van der Waals surface area contributed by atoms with Gasteiger partial charge in [0.2, 0.25) is 0 Å². The van der Waals surface area contributed by atoms with Gasteiger partial charge in [-0.05, 0) is 0 Å². The van der Waals surface area contributed by atoms with Gasteiger partial charge in [0.1, 0.15) is 15.7 Å². The summed E-state index contributed by atoms with van der Waals surface area (Å²) in [5.74, 6) is 0. The Morgan fingerprint density at radius 2 is 1.88 bits per heavy atom. The maximum Gasteiger partial charge on any atom is 0.112 e. The summed E-state index contributed by atoms with van der Waals surface area (Å²) in [6, 6.07) is 0. The topological polar surface area (TPSA) is 0 Å². The number of rotatable bonds is 2. The van der Waals surface area contributed by atoms with E-state index in [0.717, 1.165) is 0 Å². The van der Waals surface area contributed by atoms with Crippen molar-refractivity contribution < 1.29 is 0 Å². The lowest BCUT2D eigenvalue weighted by atomic mass is 9.78. The van der Waals surface area contributed by atoms with Crippen LogP contribution in [-0.2, 0) is 0 Å². The second-order valence-electron chi connectivity index (χ2n) is 1.38. The second kappa shape index (κ2) is 3.36. The summed E-state index contributed by atoms with van der Waals surface area (Å²) >= 11 is 0. The Kier molecular flexibility index (Phi) is 3.09. The van der Waals surface area contributed by atoms with Crippen LogP contribution in [0, 0.1) is 0 Å². The van der Waals surface area contributed by atoms with Gasteiger partial charge in [-0.1, -0.05) is 18.7 Å². The molecule has 0 aliphatic heterocycles. The quantitative estimate of drug-likeness (QED) is 0.357. The van der Waals surface area contributed by atoms with Crippen LogP contribution in [0.3, 0.4) is 0 Å². The summed E-state index contributed by atoms with van der Waals surface area (Å²) in [6.07, 6.45) is 3.16. The van der Waals surface area contributed by atoms with Crippen LogP contribution in [-0.4, -0.2) is 15.7 Å². The fraction of sp³-hybridized carbons (Fsp3) is 0. The minimum Gasteiger partial charge on any atom is -0.111 e. The van der Waals surface area contributed by atoms with Crippen molar-refractivity contribution >= 4 is 15.7 Å². The Labute approximate surface area is 52.8 Å². The summed E-state index contributed by atoms with van der Waals surface area (Å²) in [6.45, 7) is 6.84. The smallest absolute Gasteiger partial charge is 0.111 e. The van der Waals surface area contributed by atoms with Crippen molar-refractivity contribution in [1.82, 2.24) is 0 Å². The third-order valence-corrected chi connectivity index (χ3v) is 0.668. The first-order valence-electron chi connectivity index (χ1n) is 2.21. The lowest BCUT2D eigenvalue weighted by Crippen LogP contribution is -1.83. The van der Waals surface area contributed by atoms with Crippen LogP contribution in [0.5, 0.6) is 0 Å². The third-order valence-electron chi connectivity index (χ3n) is 0.668. The molecule has 0 nitrogen and oxygen atoms in total. The highest BCUT2D eigenvalue weighted by Crippen LogP contribution is 1.95. The summed E-state index contributed by atoms with van der Waals surface area (Å²) in [4.78, 5) is 0. The molecule has 0 aromatic rings. The predicted octanol–water partition coefficient (Wildman–Crippen LogP) is 0.907. The lowest BCUT2D eigenvalue weighted by Gasteiger charge is -1.94. The summed E-state index contributed by atoms with van der Waals surface area (Å²) in [5, 5.41) is 0. The van der Waals surface area contributed by atoms with Crippen LogP contribution >= 0.6 is 0 Å². The molecule has 2 heteroatoms. The monoisotopic (exact) mass is 100 g/mol. The zero-order valence-corrected chi connectivity index (χ0v) is 4.72. The maximum atomic E-state index is 5.29. The van der Waals surface area contributed by atoms with Gasteiger partial charge in [-0.3, -0.25) is 0 Å². The van der Waals surface area contributed by atoms with Gasteiger partial charge in [0, 0.05) is 0 Å². The lowest BCUT2D eigenvalue weighted by molar-refractivity contribution is 1.84. The van der Waals surface area contributed by atoms with Gasteiger partial charge in [0.05, 0.1) is 0 Å². The van der Waals surface area contributed by atoms with Gasteiger partial charge in [-0.15, -0.1) is 17.5 Å². The average molecular weight is 99.7 g/mol. The van der Waals surface area contributed by atoms with Gasteiger partial charge in [0.15, 0.2) is 0 Å². The van der Waals surface area contributed by atoms with Crippen molar-refractivity contribution in [3.63, 3.8) is 0 Å². The van der Waals surface area contributed by atoms with Crippen molar-refractivity contribution in [2.24, 2.45) is 0 Å². The molecule has 0 aromatic carbocycles. The molecule has 0 aliphatic rings. The third kappa shape index (κ3) is 2.51. The molecule has 0 aromatic heterocycles. The van der Waals surface area contributed by atoms with Crippen LogP contribution < -0.4 is 0 Å². The van der Waals surface area contributed by atoms with Gasteiger partial charge in [-0.2, -0.15) is 0 Å². The molecule has 0 heterocycles. The molecule has 0 aliphatic carbocycles. The molecule has 0 N–H and O–H groups in total. The molecule has 0 amide bonds. The maximum absolute atomic E-state index is 5.29. The van der Waals surface area contributed by atoms with Crippen molar-refractivity contribution in [2.75, 3.05) is 0 Å². The van der Waals surface area contributed by atoms with E-state index >= 15 is 0 Å². The van der Waals surface area contributed by atoms with Crippen LogP contribution in [0.4, 0.5) is 0 Å². The Hall–Kier alpha value is -0.650. The first-order valence-corrected chi connectivity index (χ1v) is 2.21. The fourth-order valence-corrected chi connectivity index (χ4v) is 0.234. The van der Waals surface area contributed by atoms with Crippen molar-refractivity contribution in [1.29, 1.82) is 0 Å². The van der Waals surface area contributed by atoms with E-state index in [0.29, 0.717) is 10.9 Å². The molecule has 0 atom stereocenters.